The second-order valence-corrected chi connectivity index (χ2v) is 11.2. The maximum Gasteiger partial charge on any atom is 0.325 e. The molecule has 3 aliphatic rings. The molecule has 2 aliphatic carbocycles. The van der Waals surface area contributed by atoms with Gasteiger partial charge in [0.15, 0.2) is 0 Å². The van der Waals surface area contributed by atoms with Gasteiger partial charge in [0, 0.05) is 12.0 Å². The van der Waals surface area contributed by atoms with Crippen LogP contribution in [0.25, 0.3) is 0 Å². The van der Waals surface area contributed by atoms with Crippen LogP contribution in [0.3, 0.4) is 0 Å². The highest BCUT2D eigenvalue weighted by molar-refractivity contribution is 6.09. The summed E-state index contributed by atoms with van der Waals surface area (Å²) in [6.07, 6.45) is 7.87. The van der Waals surface area contributed by atoms with Crippen molar-refractivity contribution < 1.29 is 14.4 Å². The lowest BCUT2D eigenvalue weighted by Gasteiger charge is -2.43. The molecular weight excluding hydrogens is 402 g/mol. The summed E-state index contributed by atoms with van der Waals surface area (Å²) in [6.45, 7) is 6.74. The topological polar surface area (TPSA) is 78.5 Å². The molecule has 3 fully saturated rings. The third-order valence-corrected chi connectivity index (χ3v) is 7.75. The van der Waals surface area contributed by atoms with E-state index in [4.69, 9.17) is 0 Å². The zero-order valence-corrected chi connectivity index (χ0v) is 19.7. The molecule has 0 aromatic heterocycles. The minimum absolute atomic E-state index is 0.0259. The van der Waals surface area contributed by atoms with Crippen molar-refractivity contribution in [3.63, 3.8) is 0 Å². The van der Waals surface area contributed by atoms with Crippen LogP contribution in [-0.4, -0.2) is 41.4 Å². The van der Waals surface area contributed by atoms with Crippen molar-refractivity contribution in [2.45, 2.75) is 83.1 Å². The van der Waals surface area contributed by atoms with Crippen LogP contribution in [0.15, 0.2) is 30.3 Å². The van der Waals surface area contributed by atoms with E-state index in [9.17, 15) is 14.4 Å². The molecular formula is C26H37N3O3. The standard InChI is InChI=1S/C26H37N3O3/c1-19-14-24(2,3)17-26(15-19)22(31)29(23(32)28-26)16-21(30)27-18-25(12-8-5-9-13-25)20-10-6-4-7-11-20/h4,6-7,10-11,19H,5,8-9,12-18H2,1-3H3,(H,27,30)(H,28,32). The third kappa shape index (κ3) is 4.41. The molecule has 4 amide bonds. The number of hydrogen-bond donors (Lipinski definition) is 2. The molecule has 174 valence electrons. The Hall–Kier alpha value is -2.37. The summed E-state index contributed by atoms with van der Waals surface area (Å²) in [5.41, 5.74) is 0.290. The summed E-state index contributed by atoms with van der Waals surface area (Å²) < 4.78 is 0. The molecule has 2 saturated carbocycles. The second-order valence-electron chi connectivity index (χ2n) is 11.2. The molecule has 1 aromatic rings. The fourth-order valence-electron chi connectivity index (χ4n) is 6.70. The Morgan fingerprint density at radius 2 is 1.78 bits per heavy atom. The fourth-order valence-corrected chi connectivity index (χ4v) is 6.70. The first-order valence-electron chi connectivity index (χ1n) is 12.1. The molecule has 32 heavy (non-hydrogen) atoms. The number of amides is 4. The van der Waals surface area contributed by atoms with Crippen molar-refractivity contribution in [1.82, 2.24) is 15.5 Å². The monoisotopic (exact) mass is 439 g/mol. The summed E-state index contributed by atoms with van der Waals surface area (Å²) in [5, 5.41) is 6.02. The number of carbonyl (C=O) groups excluding carboxylic acids is 3. The quantitative estimate of drug-likeness (QED) is 0.677. The molecule has 1 spiro atoms. The zero-order chi connectivity index (χ0) is 23.0. The second kappa shape index (κ2) is 8.53. The molecule has 1 heterocycles. The van der Waals surface area contributed by atoms with Crippen molar-refractivity contribution in [3.05, 3.63) is 35.9 Å². The van der Waals surface area contributed by atoms with Crippen LogP contribution in [0.4, 0.5) is 4.79 Å². The van der Waals surface area contributed by atoms with Crippen LogP contribution in [0.2, 0.25) is 0 Å². The average Bonchev–Trinajstić information content (AvgIpc) is 2.95. The number of imide groups is 1. The van der Waals surface area contributed by atoms with Crippen molar-refractivity contribution in [1.29, 1.82) is 0 Å². The Morgan fingerprint density at radius 3 is 2.44 bits per heavy atom. The van der Waals surface area contributed by atoms with Crippen molar-refractivity contribution in [2.24, 2.45) is 11.3 Å². The lowest BCUT2D eigenvalue weighted by atomic mass is 9.64. The smallest absolute Gasteiger partial charge is 0.325 e. The van der Waals surface area contributed by atoms with Gasteiger partial charge in [0.2, 0.25) is 5.91 Å². The van der Waals surface area contributed by atoms with Crippen LogP contribution in [0.1, 0.15) is 77.7 Å². The van der Waals surface area contributed by atoms with Crippen LogP contribution >= 0.6 is 0 Å². The highest BCUT2D eigenvalue weighted by atomic mass is 16.2. The van der Waals surface area contributed by atoms with Gasteiger partial charge in [-0.1, -0.05) is 70.4 Å². The van der Waals surface area contributed by atoms with Crippen molar-refractivity contribution >= 4 is 17.8 Å². The van der Waals surface area contributed by atoms with E-state index in [1.807, 2.05) is 18.2 Å². The van der Waals surface area contributed by atoms with Crippen LogP contribution < -0.4 is 10.6 Å². The Bertz CT molecular complexity index is 876. The van der Waals surface area contributed by atoms with Crippen LogP contribution in [0, 0.1) is 11.3 Å². The highest BCUT2D eigenvalue weighted by Gasteiger charge is 2.56. The van der Waals surface area contributed by atoms with Gasteiger partial charge in [0.1, 0.15) is 12.1 Å². The summed E-state index contributed by atoms with van der Waals surface area (Å²) in [5.74, 6) is -0.170. The minimum atomic E-state index is -0.868. The van der Waals surface area contributed by atoms with E-state index in [1.54, 1.807) is 0 Å². The van der Waals surface area contributed by atoms with Gasteiger partial charge >= 0.3 is 6.03 Å². The minimum Gasteiger partial charge on any atom is -0.354 e. The normalized spacial score (nSPS) is 29.1. The van der Waals surface area contributed by atoms with E-state index >= 15 is 0 Å². The first-order valence-corrected chi connectivity index (χ1v) is 12.1. The first-order chi connectivity index (χ1) is 15.1. The van der Waals surface area contributed by atoms with Gasteiger partial charge in [0.25, 0.3) is 5.91 Å². The molecule has 1 aromatic carbocycles. The van der Waals surface area contributed by atoms with Gasteiger partial charge in [-0.2, -0.15) is 0 Å². The molecule has 2 atom stereocenters. The number of hydrogen-bond acceptors (Lipinski definition) is 3. The number of urea groups is 1. The Morgan fingerprint density at radius 1 is 1.09 bits per heavy atom. The van der Waals surface area contributed by atoms with E-state index in [0.717, 1.165) is 37.0 Å². The van der Waals surface area contributed by atoms with Gasteiger partial charge < -0.3 is 10.6 Å². The van der Waals surface area contributed by atoms with Crippen LogP contribution in [-0.2, 0) is 15.0 Å². The highest BCUT2D eigenvalue weighted by Crippen LogP contribution is 2.46. The van der Waals surface area contributed by atoms with Crippen molar-refractivity contribution in [2.75, 3.05) is 13.1 Å². The number of rotatable bonds is 5. The molecule has 2 N–H and O–H groups in total. The summed E-state index contributed by atoms with van der Waals surface area (Å²) in [4.78, 5) is 40.0. The van der Waals surface area contributed by atoms with E-state index < -0.39 is 11.6 Å². The lowest BCUT2D eigenvalue weighted by Crippen LogP contribution is -2.54. The largest absolute Gasteiger partial charge is 0.354 e. The molecule has 0 radical (unpaired) electrons. The maximum atomic E-state index is 13.3. The van der Waals surface area contributed by atoms with E-state index in [0.29, 0.717) is 25.3 Å². The van der Waals surface area contributed by atoms with Crippen molar-refractivity contribution in [3.8, 4) is 0 Å². The predicted octanol–water partition coefficient (Wildman–Crippen LogP) is 4.14. The van der Waals surface area contributed by atoms with Gasteiger partial charge in [0.05, 0.1) is 0 Å². The lowest BCUT2D eigenvalue weighted by molar-refractivity contribution is -0.137. The Labute approximate surface area is 191 Å². The average molecular weight is 440 g/mol. The summed E-state index contributed by atoms with van der Waals surface area (Å²) >= 11 is 0. The maximum absolute atomic E-state index is 13.3. The van der Waals surface area contributed by atoms with Gasteiger partial charge in [-0.05, 0) is 49.0 Å². The molecule has 0 bridgehead atoms. The van der Waals surface area contributed by atoms with Gasteiger partial charge in [-0.15, -0.1) is 0 Å². The third-order valence-electron chi connectivity index (χ3n) is 7.75. The molecule has 4 rings (SSSR count). The van der Waals surface area contributed by atoms with Crippen LogP contribution in [0.5, 0.6) is 0 Å². The van der Waals surface area contributed by atoms with E-state index in [2.05, 4.69) is 43.5 Å². The Balaban J connectivity index is 1.43. The molecule has 6 heteroatoms. The summed E-state index contributed by atoms with van der Waals surface area (Å²) in [6, 6.07) is 9.96. The zero-order valence-electron chi connectivity index (χ0n) is 19.7. The molecule has 2 unspecified atom stereocenters. The number of benzene rings is 1. The summed E-state index contributed by atoms with van der Waals surface area (Å²) in [7, 11) is 0. The molecule has 6 nitrogen and oxygen atoms in total. The fraction of sp³-hybridized carbons (Fsp3) is 0.654. The Kier molecular flexibility index (Phi) is 6.08. The van der Waals surface area contributed by atoms with E-state index in [-0.39, 0.29) is 29.2 Å². The number of carbonyl (C=O) groups is 3. The predicted molar refractivity (Wildman–Crippen MR) is 124 cm³/mol. The van der Waals surface area contributed by atoms with Gasteiger partial charge in [-0.25, -0.2) is 4.79 Å². The molecule has 1 aliphatic heterocycles. The molecule has 1 saturated heterocycles. The SMILES string of the molecule is CC1CC(C)(C)CC2(C1)NC(=O)N(CC(=O)NCC1(c3ccccc3)CCCCC1)C2=O. The van der Waals surface area contributed by atoms with E-state index in [1.165, 1.54) is 12.0 Å². The number of nitrogens with zero attached hydrogens (tertiary/aromatic N) is 1. The first kappa shape index (κ1) is 22.8. The van der Waals surface area contributed by atoms with Gasteiger partial charge in [-0.3, -0.25) is 14.5 Å². The number of nitrogens with one attached hydrogen (secondary N) is 2.